The summed E-state index contributed by atoms with van der Waals surface area (Å²) in [5, 5.41) is 0. The van der Waals surface area contributed by atoms with Gasteiger partial charge in [0.2, 0.25) is 0 Å². The molecule has 1 saturated carbocycles. The lowest BCUT2D eigenvalue weighted by Crippen LogP contribution is -2.60. The largest absolute Gasteiger partial charge is 0.326 e. The second kappa shape index (κ2) is 5.92. The van der Waals surface area contributed by atoms with E-state index in [9.17, 15) is 0 Å². The standard InChI is InChI=1S/C16H32N2/c1-13-8-7-9-14(12-13)15(17)16(2,3)18-10-5-4-6-11-18/h13-15H,4-12,17H2,1-3H3. The van der Waals surface area contributed by atoms with E-state index >= 15 is 0 Å². The number of nitrogens with two attached hydrogens (primary N) is 1. The molecule has 1 aliphatic heterocycles. The predicted molar refractivity (Wildman–Crippen MR) is 78.6 cm³/mol. The maximum atomic E-state index is 6.68. The van der Waals surface area contributed by atoms with E-state index in [4.69, 9.17) is 5.73 Å². The molecule has 0 bridgehead atoms. The fourth-order valence-electron chi connectivity index (χ4n) is 4.07. The number of piperidine rings is 1. The Labute approximate surface area is 113 Å². The Hall–Kier alpha value is -0.0800. The maximum absolute atomic E-state index is 6.68. The van der Waals surface area contributed by atoms with Gasteiger partial charge in [-0.3, -0.25) is 4.90 Å². The minimum Gasteiger partial charge on any atom is -0.326 e. The van der Waals surface area contributed by atoms with E-state index in [-0.39, 0.29) is 5.54 Å². The molecule has 18 heavy (non-hydrogen) atoms. The monoisotopic (exact) mass is 252 g/mol. The van der Waals surface area contributed by atoms with E-state index in [1.165, 1.54) is 58.0 Å². The van der Waals surface area contributed by atoms with Crippen molar-refractivity contribution in [1.82, 2.24) is 4.90 Å². The second-order valence-corrected chi connectivity index (χ2v) is 7.26. The van der Waals surface area contributed by atoms with Gasteiger partial charge in [0.15, 0.2) is 0 Å². The molecule has 0 spiro atoms. The van der Waals surface area contributed by atoms with Gasteiger partial charge in [-0.1, -0.05) is 26.2 Å². The maximum Gasteiger partial charge on any atom is 0.0306 e. The normalized spacial score (nSPS) is 33.3. The Morgan fingerprint density at radius 3 is 2.33 bits per heavy atom. The third-order valence-electron chi connectivity index (χ3n) is 5.47. The van der Waals surface area contributed by atoms with Crippen LogP contribution in [0.25, 0.3) is 0 Å². The average Bonchev–Trinajstić information content (AvgIpc) is 2.39. The van der Waals surface area contributed by atoms with Crippen LogP contribution in [0.1, 0.15) is 65.7 Å². The molecule has 2 nitrogen and oxygen atoms in total. The van der Waals surface area contributed by atoms with E-state index < -0.39 is 0 Å². The highest BCUT2D eigenvalue weighted by molar-refractivity contribution is 4.97. The van der Waals surface area contributed by atoms with Crippen LogP contribution < -0.4 is 5.73 Å². The van der Waals surface area contributed by atoms with Crippen LogP contribution in [0, 0.1) is 11.8 Å². The number of nitrogens with zero attached hydrogens (tertiary/aromatic N) is 1. The highest BCUT2D eigenvalue weighted by atomic mass is 15.2. The fraction of sp³-hybridized carbons (Fsp3) is 1.00. The number of hydrogen-bond acceptors (Lipinski definition) is 2. The first-order valence-corrected chi connectivity index (χ1v) is 8.02. The highest BCUT2D eigenvalue weighted by Gasteiger charge is 2.39. The molecule has 2 aliphatic rings. The Balaban J connectivity index is 1.98. The number of hydrogen-bond donors (Lipinski definition) is 1. The van der Waals surface area contributed by atoms with Crippen LogP contribution in [0.5, 0.6) is 0 Å². The summed E-state index contributed by atoms with van der Waals surface area (Å²) in [7, 11) is 0. The lowest BCUT2D eigenvalue weighted by atomic mass is 9.73. The Morgan fingerprint density at radius 2 is 1.72 bits per heavy atom. The first-order valence-electron chi connectivity index (χ1n) is 8.02. The molecule has 3 atom stereocenters. The lowest BCUT2D eigenvalue weighted by Gasteiger charge is -2.48. The smallest absolute Gasteiger partial charge is 0.0306 e. The van der Waals surface area contributed by atoms with Crippen LogP contribution in [-0.4, -0.2) is 29.6 Å². The molecule has 0 amide bonds. The molecule has 0 aromatic heterocycles. The fourth-order valence-corrected chi connectivity index (χ4v) is 4.07. The van der Waals surface area contributed by atoms with Crippen molar-refractivity contribution in [3.05, 3.63) is 0 Å². The first kappa shape index (κ1) is 14.3. The quantitative estimate of drug-likeness (QED) is 0.834. The summed E-state index contributed by atoms with van der Waals surface area (Å²) < 4.78 is 0. The van der Waals surface area contributed by atoms with E-state index in [0.29, 0.717) is 6.04 Å². The van der Waals surface area contributed by atoms with E-state index in [1.54, 1.807) is 0 Å². The van der Waals surface area contributed by atoms with Crippen LogP contribution >= 0.6 is 0 Å². The number of likely N-dealkylation sites (tertiary alicyclic amines) is 1. The molecule has 0 aromatic rings. The van der Waals surface area contributed by atoms with Gasteiger partial charge in [0.1, 0.15) is 0 Å². The second-order valence-electron chi connectivity index (χ2n) is 7.26. The van der Waals surface area contributed by atoms with Crippen LogP contribution in [0.3, 0.4) is 0 Å². The SMILES string of the molecule is CC1CCCC(C(N)C(C)(C)N2CCCCC2)C1. The molecule has 106 valence electrons. The van der Waals surface area contributed by atoms with Crippen molar-refractivity contribution in [3.8, 4) is 0 Å². The summed E-state index contributed by atoms with van der Waals surface area (Å²) in [4.78, 5) is 2.65. The topological polar surface area (TPSA) is 29.3 Å². The van der Waals surface area contributed by atoms with Gasteiger partial charge >= 0.3 is 0 Å². The van der Waals surface area contributed by atoms with Crippen LogP contribution in [-0.2, 0) is 0 Å². The zero-order chi connectivity index (χ0) is 13.2. The summed E-state index contributed by atoms with van der Waals surface area (Å²) in [5.41, 5.74) is 6.86. The van der Waals surface area contributed by atoms with Gasteiger partial charge in [0.25, 0.3) is 0 Å². The molecule has 2 N–H and O–H groups in total. The van der Waals surface area contributed by atoms with Gasteiger partial charge < -0.3 is 5.73 Å². The summed E-state index contributed by atoms with van der Waals surface area (Å²) in [6.07, 6.45) is 9.61. The number of rotatable bonds is 3. The van der Waals surface area contributed by atoms with E-state index in [2.05, 4.69) is 25.7 Å². The summed E-state index contributed by atoms with van der Waals surface area (Å²) in [6.45, 7) is 9.66. The lowest BCUT2D eigenvalue weighted by molar-refractivity contribution is 0.0427. The Kier molecular flexibility index (Phi) is 4.71. The molecule has 2 rings (SSSR count). The Morgan fingerprint density at radius 1 is 1.06 bits per heavy atom. The minimum atomic E-state index is 0.183. The van der Waals surface area contributed by atoms with Crippen molar-refractivity contribution < 1.29 is 0 Å². The molecule has 3 unspecified atom stereocenters. The molecule has 1 saturated heterocycles. The summed E-state index contributed by atoms with van der Waals surface area (Å²) in [5.74, 6) is 1.62. The first-order chi connectivity index (χ1) is 8.51. The van der Waals surface area contributed by atoms with Crippen LogP contribution in [0.2, 0.25) is 0 Å². The van der Waals surface area contributed by atoms with Crippen LogP contribution in [0.15, 0.2) is 0 Å². The van der Waals surface area contributed by atoms with Gasteiger partial charge in [-0.15, -0.1) is 0 Å². The zero-order valence-electron chi connectivity index (χ0n) is 12.6. The molecule has 1 aliphatic carbocycles. The van der Waals surface area contributed by atoms with Crippen molar-refractivity contribution in [2.24, 2.45) is 17.6 Å². The molecule has 2 heteroatoms. The average molecular weight is 252 g/mol. The van der Waals surface area contributed by atoms with Gasteiger partial charge in [-0.2, -0.15) is 0 Å². The van der Waals surface area contributed by atoms with Gasteiger partial charge in [0.05, 0.1) is 0 Å². The van der Waals surface area contributed by atoms with Crippen molar-refractivity contribution in [2.45, 2.75) is 77.3 Å². The van der Waals surface area contributed by atoms with Crippen molar-refractivity contribution in [2.75, 3.05) is 13.1 Å². The predicted octanol–water partition coefficient (Wildman–Crippen LogP) is 3.40. The summed E-state index contributed by atoms with van der Waals surface area (Å²) >= 11 is 0. The van der Waals surface area contributed by atoms with E-state index in [0.717, 1.165) is 11.8 Å². The van der Waals surface area contributed by atoms with Crippen molar-refractivity contribution >= 4 is 0 Å². The molecular weight excluding hydrogens is 220 g/mol. The summed E-state index contributed by atoms with van der Waals surface area (Å²) in [6, 6.07) is 0.346. The highest BCUT2D eigenvalue weighted by Crippen LogP contribution is 2.35. The van der Waals surface area contributed by atoms with Gasteiger partial charge in [-0.05, 0) is 64.5 Å². The van der Waals surface area contributed by atoms with Gasteiger partial charge in [-0.25, -0.2) is 0 Å². The van der Waals surface area contributed by atoms with Crippen molar-refractivity contribution in [3.63, 3.8) is 0 Å². The Bertz CT molecular complexity index is 256. The zero-order valence-corrected chi connectivity index (χ0v) is 12.6. The third-order valence-corrected chi connectivity index (χ3v) is 5.47. The molecule has 2 fully saturated rings. The van der Waals surface area contributed by atoms with Crippen LogP contribution in [0.4, 0.5) is 0 Å². The van der Waals surface area contributed by atoms with Gasteiger partial charge in [0, 0.05) is 11.6 Å². The minimum absolute atomic E-state index is 0.183. The molecule has 0 radical (unpaired) electrons. The molecule has 0 aromatic carbocycles. The molecular formula is C16H32N2. The third kappa shape index (κ3) is 3.08. The molecule has 1 heterocycles. The van der Waals surface area contributed by atoms with Crippen molar-refractivity contribution in [1.29, 1.82) is 0 Å². The van der Waals surface area contributed by atoms with E-state index in [1.807, 2.05) is 0 Å².